The number of aliphatic hydroxyl groups is 2. The summed E-state index contributed by atoms with van der Waals surface area (Å²) in [5, 5.41) is 16.9. The van der Waals surface area contributed by atoms with E-state index in [1.807, 2.05) is 0 Å². The number of nitrogens with zero attached hydrogens (tertiary/aromatic N) is 1. The molecule has 0 saturated carbocycles. The van der Waals surface area contributed by atoms with Gasteiger partial charge in [0.15, 0.2) is 6.17 Å². The first kappa shape index (κ1) is 13.3. The minimum Gasteiger partial charge on any atom is -0.395 e. The van der Waals surface area contributed by atoms with Crippen molar-refractivity contribution in [3.8, 4) is 0 Å². The van der Waals surface area contributed by atoms with Crippen molar-refractivity contribution in [3.63, 3.8) is 0 Å². The summed E-state index contributed by atoms with van der Waals surface area (Å²) in [7, 11) is 0. The number of alkyl halides is 1. The Kier molecular flexibility index (Phi) is 3.60. The minimum atomic E-state index is -1.67. The fraction of sp³-hybridized carbons (Fsp3) is 0.600. The number of nitrogens with one attached hydrogen (secondary N) is 1. The van der Waals surface area contributed by atoms with Gasteiger partial charge in [0.05, 0.1) is 11.9 Å². The molecule has 1 unspecified atom stereocenters. The second-order valence-electron chi connectivity index (χ2n) is 4.16. The van der Waals surface area contributed by atoms with Crippen molar-refractivity contribution in [1.82, 2.24) is 9.55 Å². The van der Waals surface area contributed by atoms with Gasteiger partial charge in [-0.05, 0) is 6.92 Å². The van der Waals surface area contributed by atoms with Gasteiger partial charge >= 0.3 is 5.69 Å². The lowest BCUT2D eigenvalue weighted by Crippen LogP contribution is -2.36. The van der Waals surface area contributed by atoms with E-state index in [0.29, 0.717) is 0 Å². The highest BCUT2D eigenvalue weighted by molar-refractivity contribution is 8.00. The van der Waals surface area contributed by atoms with E-state index in [4.69, 9.17) is 5.11 Å². The maximum Gasteiger partial charge on any atom is 0.329 e. The molecule has 8 heteroatoms. The van der Waals surface area contributed by atoms with Crippen LogP contribution in [0, 0.1) is 6.92 Å². The summed E-state index contributed by atoms with van der Waals surface area (Å²) in [6, 6.07) is 0. The first-order valence-corrected chi connectivity index (χ1v) is 6.30. The Bertz CT molecular complexity index is 558. The van der Waals surface area contributed by atoms with Crippen LogP contribution in [-0.4, -0.2) is 43.9 Å². The van der Waals surface area contributed by atoms with Gasteiger partial charge in [-0.25, -0.2) is 9.18 Å². The van der Waals surface area contributed by atoms with E-state index in [-0.39, 0.29) is 12.2 Å². The van der Waals surface area contributed by atoms with Gasteiger partial charge in [-0.2, -0.15) is 0 Å². The predicted molar refractivity (Wildman–Crippen MR) is 64.5 cm³/mol. The number of aromatic nitrogens is 2. The molecule has 1 saturated heterocycles. The second-order valence-corrected chi connectivity index (χ2v) is 5.52. The molecule has 0 aliphatic carbocycles. The largest absolute Gasteiger partial charge is 0.395 e. The lowest BCUT2D eigenvalue weighted by Gasteiger charge is -2.16. The minimum absolute atomic E-state index is 0.282. The number of thioether (sulfide) groups is 1. The van der Waals surface area contributed by atoms with E-state index in [1.165, 1.54) is 13.1 Å². The van der Waals surface area contributed by atoms with Crippen LogP contribution < -0.4 is 11.2 Å². The van der Waals surface area contributed by atoms with Crippen LogP contribution in [-0.2, 0) is 0 Å². The number of aryl methyl sites for hydroxylation is 1. The highest BCUT2D eigenvalue weighted by atomic mass is 32.2. The van der Waals surface area contributed by atoms with Crippen LogP contribution in [0.25, 0.3) is 0 Å². The zero-order valence-corrected chi connectivity index (χ0v) is 10.4. The standard InChI is InChI=1S/C10H13FN2O4S/c1-4-2-13(10(17)12-8(4)16)9-6(11)7(15)5(3-14)18-9/h2,5-7,9,14-15H,3H2,1H3,(H,12,16,17)/t5-,6?,7+,9-/m1/s1. The van der Waals surface area contributed by atoms with Gasteiger partial charge in [0.2, 0.25) is 0 Å². The number of aliphatic hydroxyl groups excluding tert-OH is 2. The molecule has 1 aliphatic rings. The summed E-state index contributed by atoms with van der Waals surface area (Å²) in [5.41, 5.74) is -0.963. The number of hydrogen-bond donors (Lipinski definition) is 3. The van der Waals surface area contributed by atoms with Gasteiger partial charge in [0.25, 0.3) is 5.56 Å². The van der Waals surface area contributed by atoms with Crippen LogP contribution in [0.1, 0.15) is 10.9 Å². The summed E-state index contributed by atoms with van der Waals surface area (Å²) >= 11 is 0.975. The van der Waals surface area contributed by atoms with Crippen molar-refractivity contribution in [2.75, 3.05) is 6.61 Å². The fourth-order valence-corrected chi connectivity index (χ4v) is 3.21. The molecule has 4 atom stereocenters. The number of hydrogen-bond acceptors (Lipinski definition) is 5. The molecule has 0 radical (unpaired) electrons. The Balaban J connectivity index is 2.42. The first-order valence-electron chi connectivity index (χ1n) is 5.36. The Labute approximate surface area is 105 Å². The fourth-order valence-electron chi connectivity index (χ4n) is 1.85. The first-order chi connectivity index (χ1) is 8.45. The zero-order chi connectivity index (χ0) is 13.4. The third-order valence-electron chi connectivity index (χ3n) is 2.89. The molecule has 2 rings (SSSR count). The topological polar surface area (TPSA) is 95.3 Å². The van der Waals surface area contributed by atoms with Crippen molar-refractivity contribution >= 4 is 11.8 Å². The molecular formula is C10H13FN2O4S. The Morgan fingerprint density at radius 1 is 1.56 bits per heavy atom. The lowest BCUT2D eigenvalue weighted by molar-refractivity contribution is 0.0631. The molecule has 1 fully saturated rings. The summed E-state index contributed by atoms with van der Waals surface area (Å²) in [5.74, 6) is 0. The highest BCUT2D eigenvalue weighted by Crippen LogP contribution is 2.42. The molecule has 18 heavy (non-hydrogen) atoms. The number of halogens is 1. The van der Waals surface area contributed by atoms with Crippen LogP contribution in [0.3, 0.4) is 0 Å². The van der Waals surface area contributed by atoms with Crippen molar-refractivity contribution < 1.29 is 14.6 Å². The third kappa shape index (κ3) is 2.11. The van der Waals surface area contributed by atoms with Crippen molar-refractivity contribution in [3.05, 3.63) is 32.6 Å². The summed E-state index contributed by atoms with van der Waals surface area (Å²) in [6.45, 7) is 1.13. The Morgan fingerprint density at radius 3 is 2.78 bits per heavy atom. The van der Waals surface area contributed by atoms with E-state index in [9.17, 15) is 19.1 Å². The number of H-pyrrole nitrogens is 1. The zero-order valence-electron chi connectivity index (χ0n) is 9.54. The highest BCUT2D eigenvalue weighted by Gasteiger charge is 2.44. The Hall–Kier alpha value is -1.12. The average Bonchev–Trinajstić information content (AvgIpc) is 2.61. The molecule has 0 amide bonds. The molecule has 6 nitrogen and oxygen atoms in total. The maximum atomic E-state index is 13.9. The molecule has 0 aromatic carbocycles. The smallest absolute Gasteiger partial charge is 0.329 e. The van der Waals surface area contributed by atoms with Crippen molar-refractivity contribution in [1.29, 1.82) is 0 Å². The van der Waals surface area contributed by atoms with Gasteiger partial charge in [0.1, 0.15) is 11.5 Å². The quantitative estimate of drug-likeness (QED) is 0.654. The molecule has 1 aliphatic heterocycles. The summed E-state index contributed by atoms with van der Waals surface area (Å²) in [4.78, 5) is 24.9. The lowest BCUT2D eigenvalue weighted by atomic mass is 10.1. The van der Waals surface area contributed by atoms with Gasteiger partial charge < -0.3 is 10.2 Å². The van der Waals surface area contributed by atoms with Crippen LogP contribution in [0.15, 0.2) is 15.8 Å². The van der Waals surface area contributed by atoms with Crippen molar-refractivity contribution in [2.45, 2.75) is 29.8 Å². The molecule has 1 aromatic rings. The summed E-state index contributed by atoms with van der Waals surface area (Å²) < 4.78 is 14.9. The van der Waals surface area contributed by atoms with Gasteiger partial charge in [-0.3, -0.25) is 14.3 Å². The van der Waals surface area contributed by atoms with Crippen LogP contribution in [0.2, 0.25) is 0 Å². The molecule has 0 bridgehead atoms. The third-order valence-corrected chi connectivity index (χ3v) is 4.44. The summed E-state index contributed by atoms with van der Waals surface area (Å²) in [6.07, 6.45) is -1.74. The molecule has 100 valence electrons. The second kappa shape index (κ2) is 4.87. The normalized spacial score (nSPS) is 31.8. The maximum absolute atomic E-state index is 13.9. The number of rotatable bonds is 2. The van der Waals surface area contributed by atoms with Crippen LogP contribution >= 0.6 is 11.8 Å². The molecule has 1 aromatic heterocycles. The predicted octanol–water partition coefficient (Wildman–Crippen LogP) is -0.850. The van der Waals surface area contributed by atoms with Crippen LogP contribution in [0.5, 0.6) is 0 Å². The molecule has 0 spiro atoms. The van der Waals surface area contributed by atoms with E-state index < -0.39 is 34.1 Å². The van der Waals surface area contributed by atoms with E-state index in [2.05, 4.69) is 4.98 Å². The van der Waals surface area contributed by atoms with Gasteiger partial charge in [-0.1, -0.05) is 0 Å². The number of aromatic amines is 1. The van der Waals surface area contributed by atoms with E-state index in [1.54, 1.807) is 0 Å². The van der Waals surface area contributed by atoms with Crippen LogP contribution in [0.4, 0.5) is 4.39 Å². The molecule has 2 heterocycles. The molecule has 3 N–H and O–H groups in total. The van der Waals surface area contributed by atoms with E-state index in [0.717, 1.165) is 16.3 Å². The monoisotopic (exact) mass is 276 g/mol. The Morgan fingerprint density at radius 2 is 2.22 bits per heavy atom. The molecular weight excluding hydrogens is 263 g/mol. The van der Waals surface area contributed by atoms with Gasteiger partial charge in [0, 0.05) is 11.8 Å². The van der Waals surface area contributed by atoms with Gasteiger partial charge in [-0.15, -0.1) is 11.8 Å². The average molecular weight is 276 g/mol. The SMILES string of the molecule is Cc1cn([C@@H]2S[C@H](CO)[C@H](O)C2F)c(=O)[nH]c1=O. The van der Waals surface area contributed by atoms with E-state index >= 15 is 0 Å². The van der Waals surface area contributed by atoms with Crippen molar-refractivity contribution in [2.24, 2.45) is 0 Å².